The van der Waals surface area contributed by atoms with Gasteiger partial charge in [0.2, 0.25) is 0 Å². The zero-order valence-electron chi connectivity index (χ0n) is 15.1. The highest BCUT2D eigenvalue weighted by Crippen LogP contribution is 2.24. The number of carbonyl (C=O) groups is 1. The molecule has 0 aromatic heterocycles. The normalized spacial score (nSPS) is 11.7. The number of benzene rings is 2. The van der Waals surface area contributed by atoms with Gasteiger partial charge in [-0.1, -0.05) is 26.0 Å². The van der Waals surface area contributed by atoms with E-state index in [0.717, 1.165) is 17.1 Å². The quantitative estimate of drug-likeness (QED) is 0.796. The first kappa shape index (κ1) is 18.6. The molecule has 5 heteroatoms. The average molecular weight is 343 g/mol. The van der Waals surface area contributed by atoms with E-state index in [4.69, 9.17) is 14.2 Å². The predicted octanol–water partition coefficient (Wildman–Crippen LogP) is 3.60. The molecule has 0 aliphatic rings. The lowest BCUT2D eigenvalue weighted by atomic mass is 9.96. The molecule has 0 radical (unpaired) electrons. The molecule has 0 fully saturated rings. The van der Waals surface area contributed by atoms with Gasteiger partial charge in [-0.15, -0.1) is 0 Å². The minimum atomic E-state index is -0.162. The lowest BCUT2D eigenvalue weighted by Crippen LogP contribution is -2.35. The van der Waals surface area contributed by atoms with E-state index in [1.54, 1.807) is 38.5 Å². The maximum Gasteiger partial charge on any atom is 0.258 e. The summed E-state index contributed by atoms with van der Waals surface area (Å²) in [6, 6.07) is 14.8. The van der Waals surface area contributed by atoms with Gasteiger partial charge in [0.15, 0.2) is 6.61 Å². The van der Waals surface area contributed by atoms with E-state index in [0.29, 0.717) is 5.75 Å². The molecular formula is C20H25NO4. The van der Waals surface area contributed by atoms with E-state index in [1.807, 2.05) is 24.3 Å². The summed E-state index contributed by atoms with van der Waals surface area (Å²) in [5, 5.41) is 3.03. The Hall–Kier alpha value is -2.69. The molecule has 5 nitrogen and oxygen atoms in total. The van der Waals surface area contributed by atoms with E-state index >= 15 is 0 Å². The first-order valence-corrected chi connectivity index (χ1v) is 8.23. The zero-order chi connectivity index (χ0) is 18.2. The van der Waals surface area contributed by atoms with Crippen LogP contribution in [0, 0.1) is 5.92 Å². The largest absolute Gasteiger partial charge is 0.497 e. The van der Waals surface area contributed by atoms with Crippen molar-refractivity contribution < 1.29 is 19.0 Å². The van der Waals surface area contributed by atoms with Crippen molar-refractivity contribution in [1.29, 1.82) is 0 Å². The fourth-order valence-corrected chi connectivity index (χ4v) is 2.48. The van der Waals surface area contributed by atoms with Gasteiger partial charge in [0.05, 0.1) is 20.3 Å². The van der Waals surface area contributed by atoms with Crippen LogP contribution < -0.4 is 19.5 Å². The van der Waals surface area contributed by atoms with Crippen molar-refractivity contribution in [3.8, 4) is 17.2 Å². The highest BCUT2D eigenvalue weighted by atomic mass is 16.5. The molecule has 134 valence electrons. The van der Waals surface area contributed by atoms with E-state index in [-0.39, 0.29) is 24.5 Å². The second kappa shape index (κ2) is 8.97. The number of methoxy groups -OCH3 is 2. The second-order valence-corrected chi connectivity index (χ2v) is 6.03. The number of amides is 1. The van der Waals surface area contributed by atoms with Gasteiger partial charge in [-0.05, 0) is 47.9 Å². The Morgan fingerprint density at radius 1 is 0.880 bits per heavy atom. The Balaban J connectivity index is 1.94. The van der Waals surface area contributed by atoms with Crippen LogP contribution in [0.15, 0.2) is 48.5 Å². The highest BCUT2D eigenvalue weighted by molar-refractivity contribution is 5.78. The Labute approximate surface area is 148 Å². The van der Waals surface area contributed by atoms with E-state index < -0.39 is 0 Å². The van der Waals surface area contributed by atoms with Crippen LogP contribution in [0.2, 0.25) is 0 Å². The van der Waals surface area contributed by atoms with Crippen LogP contribution in [0.1, 0.15) is 25.5 Å². The first-order chi connectivity index (χ1) is 12.0. The Morgan fingerprint density at radius 3 is 1.84 bits per heavy atom. The summed E-state index contributed by atoms with van der Waals surface area (Å²) in [4.78, 5) is 12.3. The lowest BCUT2D eigenvalue weighted by Gasteiger charge is -2.23. The highest BCUT2D eigenvalue weighted by Gasteiger charge is 2.18. The lowest BCUT2D eigenvalue weighted by molar-refractivity contribution is -0.124. The van der Waals surface area contributed by atoms with Crippen molar-refractivity contribution in [3.63, 3.8) is 0 Å². The minimum absolute atomic E-state index is 0.0360. The van der Waals surface area contributed by atoms with Crippen molar-refractivity contribution >= 4 is 5.91 Å². The third-order valence-corrected chi connectivity index (χ3v) is 3.89. The number of rotatable bonds is 8. The van der Waals surface area contributed by atoms with Gasteiger partial charge in [-0.25, -0.2) is 0 Å². The van der Waals surface area contributed by atoms with Crippen molar-refractivity contribution in [2.45, 2.75) is 19.9 Å². The monoisotopic (exact) mass is 343 g/mol. The molecule has 2 aromatic rings. The molecule has 0 bridgehead atoms. The van der Waals surface area contributed by atoms with Crippen molar-refractivity contribution in [3.05, 3.63) is 54.1 Å². The van der Waals surface area contributed by atoms with Crippen LogP contribution in [-0.2, 0) is 4.79 Å². The van der Waals surface area contributed by atoms with Crippen LogP contribution >= 0.6 is 0 Å². The maximum atomic E-state index is 12.3. The topological polar surface area (TPSA) is 56.8 Å². The molecular weight excluding hydrogens is 318 g/mol. The van der Waals surface area contributed by atoms with Crippen molar-refractivity contribution in [2.75, 3.05) is 20.8 Å². The second-order valence-electron chi connectivity index (χ2n) is 6.03. The van der Waals surface area contributed by atoms with Crippen molar-refractivity contribution in [1.82, 2.24) is 5.32 Å². The third kappa shape index (κ3) is 5.41. The smallest absolute Gasteiger partial charge is 0.258 e. The van der Waals surface area contributed by atoms with Crippen LogP contribution in [0.3, 0.4) is 0 Å². The zero-order valence-corrected chi connectivity index (χ0v) is 15.1. The molecule has 25 heavy (non-hydrogen) atoms. The third-order valence-electron chi connectivity index (χ3n) is 3.89. The van der Waals surface area contributed by atoms with E-state index in [1.165, 1.54) is 0 Å². The van der Waals surface area contributed by atoms with Gasteiger partial charge < -0.3 is 19.5 Å². The van der Waals surface area contributed by atoms with E-state index in [2.05, 4.69) is 19.2 Å². The standard InChI is InChI=1S/C20H25NO4/c1-14(2)20(15-5-7-16(23-3)8-6-15)21-19(22)13-25-18-11-9-17(24-4)10-12-18/h5-12,14,20H,13H2,1-4H3,(H,21,22)/t20-/m0/s1. The van der Waals surface area contributed by atoms with Crippen LogP contribution in [0.5, 0.6) is 17.2 Å². The van der Waals surface area contributed by atoms with Gasteiger partial charge >= 0.3 is 0 Å². The summed E-state index contributed by atoms with van der Waals surface area (Å²) in [5.41, 5.74) is 1.04. The first-order valence-electron chi connectivity index (χ1n) is 8.23. The number of nitrogens with one attached hydrogen (secondary N) is 1. The van der Waals surface area contributed by atoms with Crippen LogP contribution in [0.25, 0.3) is 0 Å². The minimum Gasteiger partial charge on any atom is -0.497 e. The summed E-state index contributed by atoms with van der Waals surface area (Å²) in [6.45, 7) is 4.10. The molecule has 0 aliphatic carbocycles. The number of hydrogen-bond acceptors (Lipinski definition) is 4. The molecule has 0 saturated carbocycles. The molecule has 0 saturated heterocycles. The Bertz CT molecular complexity index is 665. The molecule has 0 unspecified atom stereocenters. The molecule has 2 rings (SSSR count). The number of ether oxygens (including phenoxy) is 3. The fourth-order valence-electron chi connectivity index (χ4n) is 2.48. The number of carbonyl (C=O) groups excluding carboxylic acids is 1. The molecule has 0 aliphatic heterocycles. The van der Waals surface area contributed by atoms with Gasteiger partial charge in [-0.2, -0.15) is 0 Å². The van der Waals surface area contributed by atoms with Gasteiger partial charge in [0.1, 0.15) is 17.2 Å². The molecule has 1 N–H and O–H groups in total. The van der Waals surface area contributed by atoms with Gasteiger partial charge in [0.25, 0.3) is 5.91 Å². The Kier molecular flexibility index (Phi) is 6.69. The molecule has 2 aromatic carbocycles. The summed E-state index contributed by atoms with van der Waals surface area (Å²) < 4.78 is 15.8. The predicted molar refractivity (Wildman–Crippen MR) is 97.2 cm³/mol. The summed E-state index contributed by atoms with van der Waals surface area (Å²) >= 11 is 0. The van der Waals surface area contributed by atoms with Crippen LogP contribution in [-0.4, -0.2) is 26.7 Å². The molecule has 0 spiro atoms. The maximum absolute atomic E-state index is 12.3. The summed E-state index contributed by atoms with van der Waals surface area (Å²) in [6.07, 6.45) is 0. The van der Waals surface area contributed by atoms with Crippen LogP contribution in [0.4, 0.5) is 0 Å². The van der Waals surface area contributed by atoms with Gasteiger partial charge in [0, 0.05) is 0 Å². The molecule has 1 atom stereocenters. The Morgan fingerprint density at radius 2 is 1.36 bits per heavy atom. The molecule has 0 heterocycles. The van der Waals surface area contributed by atoms with Crippen molar-refractivity contribution in [2.24, 2.45) is 5.92 Å². The summed E-state index contributed by atoms with van der Waals surface area (Å²) in [7, 11) is 3.24. The van der Waals surface area contributed by atoms with E-state index in [9.17, 15) is 4.79 Å². The summed E-state index contributed by atoms with van der Waals surface area (Å²) in [5.74, 6) is 2.25. The number of hydrogen-bond donors (Lipinski definition) is 1. The van der Waals surface area contributed by atoms with Gasteiger partial charge in [-0.3, -0.25) is 4.79 Å². The SMILES string of the molecule is COc1ccc(OCC(=O)N[C@H](c2ccc(OC)cc2)C(C)C)cc1. The average Bonchev–Trinajstić information content (AvgIpc) is 2.64. The molecule has 1 amide bonds. The fraction of sp³-hybridized carbons (Fsp3) is 0.350.